The maximum atomic E-state index is 13.7. The van der Waals surface area contributed by atoms with E-state index in [-0.39, 0.29) is 11.3 Å². The lowest BCUT2D eigenvalue weighted by atomic mass is 10.2. The fraction of sp³-hybridized carbons (Fsp3) is 0.154. The molecule has 0 aliphatic carbocycles. The Kier molecular flexibility index (Phi) is 4.41. The summed E-state index contributed by atoms with van der Waals surface area (Å²) in [5.41, 5.74) is -0.204. The monoisotopic (exact) mass is 234 g/mol. The van der Waals surface area contributed by atoms with Crippen LogP contribution in [0.3, 0.4) is 0 Å². The van der Waals surface area contributed by atoms with Crippen LogP contribution in [0.15, 0.2) is 37.4 Å². The van der Waals surface area contributed by atoms with Crippen LogP contribution >= 0.6 is 0 Å². The largest absolute Gasteiger partial charge is 0.359 e. The predicted octanol–water partition coefficient (Wildman–Crippen LogP) is 3.01. The minimum Gasteiger partial charge on any atom is -0.359 e. The topological polar surface area (TPSA) is 27.0 Å². The average molecular weight is 234 g/mol. The average Bonchev–Trinajstić information content (AvgIpc) is 2.28. The molecule has 17 heavy (non-hydrogen) atoms. The van der Waals surface area contributed by atoms with Gasteiger partial charge in [0.25, 0.3) is 0 Å². The van der Waals surface area contributed by atoms with E-state index >= 15 is 0 Å². The Bertz CT molecular complexity index is 442. The highest BCUT2D eigenvalue weighted by molar-refractivity contribution is 5.53. The summed E-state index contributed by atoms with van der Waals surface area (Å²) in [6, 6.07) is 3.72. The second kappa shape index (κ2) is 5.80. The van der Waals surface area contributed by atoms with Crippen molar-refractivity contribution in [1.29, 1.82) is 5.26 Å². The molecule has 0 spiro atoms. The van der Waals surface area contributed by atoms with Gasteiger partial charge in [-0.2, -0.15) is 5.26 Å². The van der Waals surface area contributed by atoms with Crippen LogP contribution in [0.2, 0.25) is 0 Å². The molecule has 0 atom stereocenters. The van der Waals surface area contributed by atoms with Crippen molar-refractivity contribution in [3.05, 3.63) is 54.6 Å². The maximum Gasteiger partial charge on any atom is 0.150 e. The van der Waals surface area contributed by atoms with Crippen LogP contribution in [-0.4, -0.2) is 13.1 Å². The molecule has 4 heteroatoms. The lowest BCUT2D eigenvalue weighted by Crippen LogP contribution is -2.25. The summed E-state index contributed by atoms with van der Waals surface area (Å²) < 4.78 is 27.4. The van der Waals surface area contributed by atoms with Crippen molar-refractivity contribution in [2.75, 3.05) is 18.0 Å². The van der Waals surface area contributed by atoms with E-state index in [4.69, 9.17) is 5.26 Å². The predicted molar refractivity (Wildman–Crippen MR) is 63.7 cm³/mol. The third kappa shape index (κ3) is 2.91. The molecule has 0 aliphatic heterocycles. The van der Waals surface area contributed by atoms with Crippen molar-refractivity contribution in [2.45, 2.75) is 0 Å². The number of benzene rings is 1. The number of rotatable bonds is 5. The second-order valence-electron chi connectivity index (χ2n) is 3.38. The Morgan fingerprint density at radius 3 is 2.00 bits per heavy atom. The molecule has 0 N–H and O–H groups in total. The van der Waals surface area contributed by atoms with Crippen LogP contribution in [0.4, 0.5) is 14.5 Å². The Hall–Kier alpha value is -2.15. The minimum absolute atomic E-state index is 0.0408. The van der Waals surface area contributed by atoms with E-state index in [9.17, 15) is 8.78 Å². The summed E-state index contributed by atoms with van der Waals surface area (Å²) in [5.74, 6) is -1.52. The van der Waals surface area contributed by atoms with Gasteiger partial charge in [0, 0.05) is 13.1 Å². The number of halogens is 2. The Morgan fingerprint density at radius 2 is 1.65 bits per heavy atom. The fourth-order valence-electron chi connectivity index (χ4n) is 1.50. The van der Waals surface area contributed by atoms with Gasteiger partial charge in [-0.15, -0.1) is 13.2 Å². The van der Waals surface area contributed by atoms with Crippen LogP contribution in [0.25, 0.3) is 0 Å². The van der Waals surface area contributed by atoms with Gasteiger partial charge in [-0.1, -0.05) is 12.2 Å². The Labute approximate surface area is 99.1 Å². The summed E-state index contributed by atoms with van der Waals surface area (Å²) in [4.78, 5) is 1.45. The van der Waals surface area contributed by atoms with Gasteiger partial charge < -0.3 is 4.90 Å². The van der Waals surface area contributed by atoms with Gasteiger partial charge in [0.05, 0.1) is 11.6 Å². The number of anilines is 1. The number of hydrogen-bond donors (Lipinski definition) is 0. The molecule has 1 rings (SSSR count). The maximum absolute atomic E-state index is 13.7. The quantitative estimate of drug-likeness (QED) is 0.732. The van der Waals surface area contributed by atoms with E-state index in [2.05, 4.69) is 13.2 Å². The van der Waals surface area contributed by atoms with Gasteiger partial charge >= 0.3 is 0 Å². The van der Waals surface area contributed by atoms with Gasteiger partial charge in [0.2, 0.25) is 0 Å². The smallest absolute Gasteiger partial charge is 0.150 e. The zero-order valence-electron chi connectivity index (χ0n) is 9.29. The summed E-state index contributed by atoms with van der Waals surface area (Å²) in [6.45, 7) is 7.65. The van der Waals surface area contributed by atoms with Crippen molar-refractivity contribution in [3.63, 3.8) is 0 Å². The number of hydrogen-bond acceptors (Lipinski definition) is 2. The molecule has 0 amide bonds. The minimum atomic E-state index is -0.759. The summed E-state index contributed by atoms with van der Waals surface area (Å²) in [5, 5.41) is 8.59. The number of nitriles is 1. The molecule has 0 saturated carbocycles. The molecule has 0 bridgehead atoms. The molecule has 0 unspecified atom stereocenters. The van der Waals surface area contributed by atoms with Gasteiger partial charge in [-0.05, 0) is 12.1 Å². The van der Waals surface area contributed by atoms with Crippen molar-refractivity contribution in [2.24, 2.45) is 0 Å². The first kappa shape index (κ1) is 12.9. The fourth-order valence-corrected chi connectivity index (χ4v) is 1.50. The molecular formula is C13H12F2N2. The van der Waals surface area contributed by atoms with Crippen LogP contribution in [0.5, 0.6) is 0 Å². The van der Waals surface area contributed by atoms with E-state index in [0.717, 1.165) is 12.1 Å². The zero-order valence-corrected chi connectivity index (χ0v) is 9.29. The second-order valence-corrected chi connectivity index (χ2v) is 3.38. The van der Waals surface area contributed by atoms with E-state index in [0.29, 0.717) is 13.1 Å². The van der Waals surface area contributed by atoms with Crippen molar-refractivity contribution in [3.8, 4) is 6.07 Å². The van der Waals surface area contributed by atoms with Crippen LogP contribution in [0, 0.1) is 23.0 Å². The van der Waals surface area contributed by atoms with E-state index in [1.807, 2.05) is 0 Å². The Morgan fingerprint density at radius 1 is 1.18 bits per heavy atom. The van der Waals surface area contributed by atoms with Crippen molar-refractivity contribution >= 4 is 5.69 Å². The first-order valence-corrected chi connectivity index (χ1v) is 5.00. The van der Waals surface area contributed by atoms with Crippen molar-refractivity contribution < 1.29 is 8.78 Å². The highest BCUT2D eigenvalue weighted by Gasteiger charge is 2.16. The van der Waals surface area contributed by atoms with E-state index < -0.39 is 11.6 Å². The first-order valence-electron chi connectivity index (χ1n) is 5.00. The van der Waals surface area contributed by atoms with Gasteiger partial charge in [-0.3, -0.25) is 0 Å². The third-order valence-corrected chi connectivity index (χ3v) is 2.16. The van der Waals surface area contributed by atoms with Crippen molar-refractivity contribution in [1.82, 2.24) is 0 Å². The summed E-state index contributed by atoms with van der Waals surface area (Å²) in [6.07, 6.45) is 3.08. The molecule has 1 aromatic carbocycles. The zero-order chi connectivity index (χ0) is 12.8. The van der Waals surface area contributed by atoms with Gasteiger partial charge in [0.15, 0.2) is 11.6 Å². The van der Waals surface area contributed by atoms with E-state index in [1.165, 1.54) is 4.90 Å². The van der Waals surface area contributed by atoms with Gasteiger partial charge in [-0.25, -0.2) is 8.78 Å². The van der Waals surface area contributed by atoms with Gasteiger partial charge in [0.1, 0.15) is 5.69 Å². The number of nitrogens with zero attached hydrogens (tertiary/aromatic N) is 2. The molecule has 88 valence electrons. The molecule has 0 aromatic heterocycles. The molecule has 0 fully saturated rings. The van der Waals surface area contributed by atoms with Crippen LogP contribution in [0.1, 0.15) is 5.56 Å². The van der Waals surface area contributed by atoms with E-state index in [1.54, 1.807) is 18.2 Å². The highest BCUT2D eigenvalue weighted by Crippen LogP contribution is 2.24. The lowest BCUT2D eigenvalue weighted by Gasteiger charge is -2.22. The SMILES string of the molecule is C=CCN(CC=C)c1c(F)cc(C#N)cc1F. The summed E-state index contributed by atoms with van der Waals surface area (Å²) >= 11 is 0. The highest BCUT2D eigenvalue weighted by atomic mass is 19.1. The summed E-state index contributed by atoms with van der Waals surface area (Å²) in [7, 11) is 0. The molecule has 0 aliphatic rings. The molecule has 0 radical (unpaired) electrons. The standard InChI is InChI=1S/C13H12F2N2/c1-3-5-17(6-4-2)13-11(14)7-10(9-16)8-12(13)15/h3-4,7-8H,1-2,5-6H2. The molecule has 2 nitrogen and oxygen atoms in total. The molecule has 0 heterocycles. The lowest BCUT2D eigenvalue weighted by molar-refractivity contribution is 0.576. The molecule has 0 saturated heterocycles. The van der Waals surface area contributed by atoms with Crippen LogP contribution < -0.4 is 4.90 Å². The molecule has 1 aromatic rings. The normalized spacial score (nSPS) is 9.47. The van der Waals surface area contributed by atoms with Crippen LogP contribution in [-0.2, 0) is 0 Å². The first-order chi connectivity index (χ1) is 8.13. The third-order valence-electron chi connectivity index (χ3n) is 2.16. The molecular weight excluding hydrogens is 222 g/mol. The Balaban J connectivity index is 3.23.